The molecule has 0 unspecified atom stereocenters. The summed E-state index contributed by atoms with van der Waals surface area (Å²) >= 11 is 0. The number of rotatable bonds is 2. The smallest absolute Gasteiger partial charge is 0.218 e. The van der Waals surface area contributed by atoms with Gasteiger partial charge in [0, 0.05) is 6.54 Å². The first-order valence-electron chi connectivity index (χ1n) is 2.67. The van der Waals surface area contributed by atoms with Crippen LogP contribution in [0.3, 0.4) is 0 Å². The first kappa shape index (κ1) is 5.41. The van der Waals surface area contributed by atoms with Crippen molar-refractivity contribution in [2.45, 2.75) is 12.8 Å². The molecule has 1 rings (SSSR count). The Labute approximate surface area is 47.7 Å². The number of hydrogen-bond donors (Lipinski definition) is 0. The van der Waals surface area contributed by atoms with Crippen LogP contribution in [0.1, 0.15) is 12.8 Å². The molecule has 3 nitrogen and oxygen atoms in total. The molecule has 1 amide bonds. The van der Waals surface area contributed by atoms with E-state index in [9.17, 15) is 9.90 Å². The molecule has 0 saturated heterocycles. The van der Waals surface area contributed by atoms with Gasteiger partial charge in [-0.15, -0.1) is 0 Å². The fourth-order valence-electron chi connectivity index (χ4n) is 0.504. The van der Waals surface area contributed by atoms with Gasteiger partial charge in [0.05, 0.1) is 0 Å². The summed E-state index contributed by atoms with van der Waals surface area (Å²) in [5.41, 5.74) is 0. The monoisotopic (exact) mass is 113 g/mol. The average Bonchev–Trinajstić information content (AvgIpc) is 2.41. The molecule has 44 valence electrons. The normalized spacial score (nSPS) is 18.0. The summed E-state index contributed by atoms with van der Waals surface area (Å²) in [6, 6.07) is 0. The zero-order chi connectivity index (χ0) is 5.98. The molecule has 3 heteroatoms. The predicted octanol–water partition coefficient (Wildman–Crippen LogP) is 0.551. The lowest BCUT2D eigenvalue weighted by Gasteiger charge is -1.87. The second kappa shape index (κ2) is 2.03. The van der Waals surface area contributed by atoms with Crippen molar-refractivity contribution >= 4 is 6.09 Å². The van der Waals surface area contributed by atoms with E-state index in [0.29, 0.717) is 12.5 Å². The molecule has 0 bridgehead atoms. The summed E-state index contributed by atoms with van der Waals surface area (Å²) < 4.78 is 0. The van der Waals surface area contributed by atoms with E-state index < -0.39 is 6.09 Å². The van der Waals surface area contributed by atoms with Crippen molar-refractivity contribution in [1.82, 2.24) is 5.32 Å². The maximum absolute atomic E-state index is 9.65. The van der Waals surface area contributed by atoms with Gasteiger partial charge < -0.3 is 0 Å². The van der Waals surface area contributed by atoms with E-state index in [0.717, 1.165) is 12.8 Å². The fourth-order valence-corrected chi connectivity index (χ4v) is 0.504. The van der Waals surface area contributed by atoms with E-state index >= 15 is 0 Å². The van der Waals surface area contributed by atoms with Crippen LogP contribution in [0.15, 0.2) is 0 Å². The molecule has 1 fully saturated rings. The Kier molecular flexibility index (Phi) is 1.37. The van der Waals surface area contributed by atoms with Gasteiger partial charge in [-0.2, -0.15) is 0 Å². The molecule has 2 radical (unpaired) electrons. The van der Waals surface area contributed by atoms with Crippen molar-refractivity contribution in [3.63, 3.8) is 0 Å². The van der Waals surface area contributed by atoms with Gasteiger partial charge in [0.25, 0.3) is 0 Å². The van der Waals surface area contributed by atoms with Crippen LogP contribution in [-0.2, 0) is 5.11 Å². The van der Waals surface area contributed by atoms with E-state index in [2.05, 4.69) is 5.32 Å². The van der Waals surface area contributed by atoms with E-state index in [1.807, 2.05) is 0 Å². The molecule has 0 aromatic rings. The van der Waals surface area contributed by atoms with Gasteiger partial charge in [-0.25, -0.2) is 15.2 Å². The Bertz CT molecular complexity index is 98.6. The molecule has 0 aromatic carbocycles. The maximum Gasteiger partial charge on any atom is 0.471 e. The third kappa shape index (κ3) is 1.82. The third-order valence-corrected chi connectivity index (χ3v) is 1.18. The number of hydrogen-bond acceptors (Lipinski definition) is 1. The molecule has 0 spiro atoms. The van der Waals surface area contributed by atoms with Crippen molar-refractivity contribution < 1.29 is 9.90 Å². The topological polar surface area (TPSA) is 51.1 Å². The molecular weight excluding hydrogens is 106 g/mol. The number of carbonyl (C=O) groups is 1. The lowest BCUT2D eigenvalue weighted by atomic mass is 10.4. The number of amides is 1. The summed E-state index contributed by atoms with van der Waals surface area (Å²) in [5, 5.41) is 12.8. The Balaban J connectivity index is 1.95. The second-order valence-electron chi connectivity index (χ2n) is 2.05. The zero-order valence-corrected chi connectivity index (χ0v) is 4.46. The van der Waals surface area contributed by atoms with Gasteiger partial charge in [-0.05, 0) is 18.8 Å². The van der Waals surface area contributed by atoms with Crippen LogP contribution in [0.5, 0.6) is 0 Å². The summed E-state index contributed by atoms with van der Waals surface area (Å²) in [7, 11) is 0. The van der Waals surface area contributed by atoms with Crippen LogP contribution in [0.4, 0.5) is 4.79 Å². The van der Waals surface area contributed by atoms with Gasteiger partial charge in [0.1, 0.15) is 0 Å². The molecule has 0 heterocycles. The molecule has 0 N–H and O–H groups in total. The van der Waals surface area contributed by atoms with E-state index in [-0.39, 0.29) is 0 Å². The minimum atomic E-state index is -1.28. The zero-order valence-electron chi connectivity index (χ0n) is 4.46. The molecule has 0 aliphatic heterocycles. The van der Waals surface area contributed by atoms with Gasteiger partial charge in [0.2, 0.25) is 0 Å². The highest BCUT2D eigenvalue weighted by atomic mass is 16.4. The quantitative estimate of drug-likeness (QED) is 0.516. The first-order valence-corrected chi connectivity index (χ1v) is 2.67. The van der Waals surface area contributed by atoms with Crippen LogP contribution < -0.4 is 5.32 Å². The van der Waals surface area contributed by atoms with Gasteiger partial charge in [-0.3, -0.25) is 0 Å². The summed E-state index contributed by atoms with van der Waals surface area (Å²) in [6.07, 6.45) is 0.991. The summed E-state index contributed by atoms with van der Waals surface area (Å²) in [5.74, 6) is 0.549. The SMILES string of the molecule is [O]C(=O)[N]CC1CC1. The molecule has 1 saturated carbocycles. The van der Waals surface area contributed by atoms with Crippen molar-refractivity contribution in [1.29, 1.82) is 0 Å². The van der Waals surface area contributed by atoms with Crippen LogP contribution in [0.25, 0.3) is 0 Å². The lowest BCUT2D eigenvalue weighted by molar-refractivity contribution is 0.167. The number of nitrogens with zero attached hydrogens (tertiary/aromatic N) is 1. The molecule has 1 aliphatic rings. The standard InChI is InChI=1S/C5H7NO2/c7-5(8)6-3-4-1-2-4/h4H,1-3H2. The second-order valence-corrected chi connectivity index (χ2v) is 2.05. The van der Waals surface area contributed by atoms with Crippen LogP contribution in [-0.4, -0.2) is 12.6 Å². The maximum atomic E-state index is 9.65. The Morgan fingerprint density at radius 2 is 2.25 bits per heavy atom. The first-order chi connectivity index (χ1) is 3.79. The average molecular weight is 113 g/mol. The van der Waals surface area contributed by atoms with E-state index in [1.54, 1.807) is 0 Å². The van der Waals surface area contributed by atoms with E-state index in [1.165, 1.54) is 0 Å². The largest absolute Gasteiger partial charge is 0.471 e. The highest BCUT2D eigenvalue weighted by molar-refractivity contribution is 5.63. The highest BCUT2D eigenvalue weighted by Gasteiger charge is 2.22. The number of carbonyl (C=O) groups excluding carboxylic acids is 1. The lowest BCUT2D eigenvalue weighted by Crippen LogP contribution is -2.13. The molecule has 8 heavy (non-hydrogen) atoms. The summed E-state index contributed by atoms with van der Waals surface area (Å²) in [6.45, 7) is 0.461. The van der Waals surface area contributed by atoms with Crippen LogP contribution >= 0.6 is 0 Å². The van der Waals surface area contributed by atoms with E-state index in [4.69, 9.17) is 0 Å². The molecule has 0 aromatic heterocycles. The Hall–Kier alpha value is -0.730. The molecule has 0 atom stereocenters. The minimum absolute atomic E-state index is 0.461. The third-order valence-electron chi connectivity index (χ3n) is 1.18. The van der Waals surface area contributed by atoms with Crippen LogP contribution in [0, 0.1) is 5.92 Å². The molecular formula is C5H7NO2. The van der Waals surface area contributed by atoms with Crippen molar-refractivity contribution in [3.05, 3.63) is 0 Å². The van der Waals surface area contributed by atoms with Crippen molar-refractivity contribution in [2.75, 3.05) is 6.54 Å². The molecule has 1 aliphatic carbocycles. The van der Waals surface area contributed by atoms with Gasteiger partial charge in [-0.1, -0.05) is 0 Å². The predicted molar refractivity (Wildman–Crippen MR) is 25.8 cm³/mol. The fraction of sp³-hybridized carbons (Fsp3) is 0.800. The Morgan fingerprint density at radius 3 is 2.62 bits per heavy atom. The Morgan fingerprint density at radius 1 is 1.62 bits per heavy atom. The highest BCUT2D eigenvalue weighted by Crippen LogP contribution is 2.27. The van der Waals surface area contributed by atoms with Gasteiger partial charge in [0.15, 0.2) is 0 Å². The van der Waals surface area contributed by atoms with Crippen molar-refractivity contribution in [3.8, 4) is 0 Å². The van der Waals surface area contributed by atoms with Gasteiger partial charge >= 0.3 is 6.09 Å². The van der Waals surface area contributed by atoms with Crippen LogP contribution in [0.2, 0.25) is 0 Å². The van der Waals surface area contributed by atoms with Crippen molar-refractivity contribution in [2.24, 2.45) is 5.92 Å². The minimum Gasteiger partial charge on any atom is -0.218 e. The summed E-state index contributed by atoms with van der Waals surface area (Å²) in [4.78, 5) is 9.65.